The van der Waals surface area contributed by atoms with E-state index in [1.54, 1.807) is 6.20 Å². The van der Waals surface area contributed by atoms with Gasteiger partial charge in [-0.05, 0) is 44.2 Å². The third-order valence-electron chi connectivity index (χ3n) is 4.87. The zero-order valence-corrected chi connectivity index (χ0v) is 14.0. The molecule has 126 valence electrons. The standard InChI is InChI=1S/C19H23N3O2/c1-13-5-2-3-7-17(13)22-18(14-8-9-14)16(12-21-22)19(23)20-11-15-6-4-10-24-15/h2-3,5,7,12,14-15H,4,6,8-11H2,1H3,(H,20,23). The van der Waals surface area contributed by atoms with Gasteiger partial charge in [-0.15, -0.1) is 0 Å². The van der Waals surface area contributed by atoms with Gasteiger partial charge < -0.3 is 10.1 Å². The second-order valence-corrected chi connectivity index (χ2v) is 6.76. The average molecular weight is 325 g/mol. The van der Waals surface area contributed by atoms with Crippen LogP contribution >= 0.6 is 0 Å². The Morgan fingerprint density at radius 2 is 2.17 bits per heavy atom. The molecule has 1 aromatic carbocycles. The van der Waals surface area contributed by atoms with Gasteiger partial charge in [0.2, 0.25) is 0 Å². The van der Waals surface area contributed by atoms with Crippen molar-refractivity contribution in [3.8, 4) is 5.69 Å². The third-order valence-corrected chi connectivity index (χ3v) is 4.87. The first-order valence-corrected chi connectivity index (χ1v) is 8.78. The lowest BCUT2D eigenvalue weighted by atomic mass is 10.1. The van der Waals surface area contributed by atoms with Crippen molar-refractivity contribution >= 4 is 5.91 Å². The number of para-hydroxylation sites is 1. The minimum absolute atomic E-state index is 0.0350. The predicted octanol–water partition coefficient (Wildman–Crippen LogP) is 2.97. The second kappa shape index (κ2) is 6.40. The van der Waals surface area contributed by atoms with Crippen molar-refractivity contribution in [2.45, 2.75) is 44.6 Å². The molecule has 5 heteroatoms. The van der Waals surface area contributed by atoms with Crippen LogP contribution in [0.3, 0.4) is 0 Å². The minimum Gasteiger partial charge on any atom is -0.376 e. The van der Waals surface area contributed by atoms with Crippen LogP contribution < -0.4 is 5.32 Å². The van der Waals surface area contributed by atoms with Crippen molar-refractivity contribution in [1.29, 1.82) is 0 Å². The van der Waals surface area contributed by atoms with E-state index in [2.05, 4.69) is 29.5 Å². The molecule has 1 aromatic heterocycles. The summed E-state index contributed by atoms with van der Waals surface area (Å²) in [4.78, 5) is 12.7. The molecule has 1 aliphatic carbocycles. The van der Waals surface area contributed by atoms with Crippen LogP contribution in [0.25, 0.3) is 5.69 Å². The Morgan fingerprint density at radius 1 is 1.33 bits per heavy atom. The fourth-order valence-electron chi connectivity index (χ4n) is 3.38. The molecular formula is C19H23N3O2. The van der Waals surface area contributed by atoms with E-state index in [1.165, 1.54) is 0 Å². The van der Waals surface area contributed by atoms with E-state index in [1.807, 2.05) is 16.8 Å². The highest BCUT2D eigenvalue weighted by Crippen LogP contribution is 2.42. The molecule has 1 saturated heterocycles. The Balaban J connectivity index is 1.59. The number of carbonyl (C=O) groups is 1. The van der Waals surface area contributed by atoms with Crippen LogP contribution in [-0.4, -0.2) is 34.9 Å². The van der Waals surface area contributed by atoms with Gasteiger partial charge in [-0.25, -0.2) is 4.68 Å². The molecule has 1 aliphatic heterocycles. The molecule has 5 nitrogen and oxygen atoms in total. The van der Waals surface area contributed by atoms with Crippen molar-refractivity contribution in [1.82, 2.24) is 15.1 Å². The first kappa shape index (κ1) is 15.4. The SMILES string of the molecule is Cc1ccccc1-n1ncc(C(=O)NCC2CCCO2)c1C1CC1. The van der Waals surface area contributed by atoms with Gasteiger partial charge >= 0.3 is 0 Å². The minimum atomic E-state index is -0.0350. The quantitative estimate of drug-likeness (QED) is 0.919. The molecule has 1 N–H and O–H groups in total. The van der Waals surface area contributed by atoms with Gasteiger partial charge in [0.1, 0.15) is 0 Å². The van der Waals surface area contributed by atoms with E-state index < -0.39 is 0 Å². The fraction of sp³-hybridized carbons (Fsp3) is 0.474. The van der Waals surface area contributed by atoms with Crippen LogP contribution in [0.5, 0.6) is 0 Å². The highest BCUT2D eigenvalue weighted by Gasteiger charge is 2.33. The topological polar surface area (TPSA) is 56.2 Å². The van der Waals surface area contributed by atoms with Gasteiger partial charge in [0.25, 0.3) is 5.91 Å². The van der Waals surface area contributed by atoms with E-state index in [9.17, 15) is 4.79 Å². The molecule has 2 fully saturated rings. The number of rotatable bonds is 5. The van der Waals surface area contributed by atoms with Crippen molar-refractivity contribution < 1.29 is 9.53 Å². The molecule has 0 bridgehead atoms. The monoisotopic (exact) mass is 325 g/mol. The van der Waals surface area contributed by atoms with Crippen molar-refractivity contribution in [2.24, 2.45) is 0 Å². The molecule has 2 heterocycles. The zero-order valence-electron chi connectivity index (χ0n) is 14.0. The van der Waals surface area contributed by atoms with Gasteiger partial charge in [-0.2, -0.15) is 5.10 Å². The number of aromatic nitrogens is 2. The van der Waals surface area contributed by atoms with Crippen LogP contribution in [-0.2, 0) is 4.74 Å². The number of ether oxygens (including phenoxy) is 1. The van der Waals surface area contributed by atoms with Gasteiger partial charge in [0.15, 0.2) is 0 Å². The first-order valence-electron chi connectivity index (χ1n) is 8.78. The Bertz CT molecular complexity index is 743. The smallest absolute Gasteiger partial charge is 0.254 e. The summed E-state index contributed by atoms with van der Waals surface area (Å²) in [5, 5.41) is 7.56. The van der Waals surface area contributed by atoms with Gasteiger partial charge in [0, 0.05) is 19.1 Å². The largest absolute Gasteiger partial charge is 0.376 e. The van der Waals surface area contributed by atoms with E-state index >= 15 is 0 Å². The van der Waals surface area contributed by atoms with Crippen LogP contribution in [0.1, 0.15) is 53.2 Å². The fourth-order valence-corrected chi connectivity index (χ4v) is 3.38. The molecule has 1 atom stereocenters. The molecular weight excluding hydrogens is 302 g/mol. The number of nitrogens with zero attached hydrogens (tertiary/aromatic N) is 2. The molecule has 24 heavy (non-hydrogen) atoms. The van der Waals surface area contributed by atoms with E-state index in [0.717, 1.165) is 49.2 Å². The number of aryl methyl sites for hydroxylation is 1. The molecule has 2 aliphatic rings. The molecule has 1 amide bonds. The summed E-state index contributed by atoms with van der Waals surface area (Å²) in [6, 6.07) is 8.17. The van der Waals surface area contributed by atoms with Crippen molar-refractivity contribution in [3.63, 3.8) is 0 Å². The highest BCUT2D eigenvalue weighted by molar-refractivity contribution is 5.95. The highest BCUT2D eigenvalue weighted by atomic mass is 16.5. The van der Waals surface area contributed by atoms with Crippen LogP contribution in [0, 0.1) is 6.92 Å². The second-order valence-electron chi connectivity index (χ2n) is 6.76. The van der Waals surface area contributed by atoms with Crippen molar-refractivity contribution in [2.75, 3.05) is 13.2 Å². The molecule has 2 aromatic rings. The third kappa shape index (κ3) is 2.96. The molecule has 4 rings (SSSR count). The maximum Gasteiger partial charge on any atom is 0.254 e. The Hall–Kier alpha value is -2.14. The maximum atomic E-state index is 12.7. The summed E-state index contributed by atoms with van der Waals surface area (Å²) in [6.45, 7) is 3.46. The maximum absolute atomic E-state index is 12.7. The van der Waals surface area contributed by atoms with Crippen LogP contribution in [0.2, 0.25) is 0 Å². The summed E-state index contributed by atoms with van der Waals surface area (Å²) in [5.41, 5.74) is 3.97. The predicted molar refractivity (Wildman–Crippen MR) is 91.6 cm³/mol. The number of hydrogen-bond acceptors (Lipinski definition) is 3. The number of nitrogens with one attached hydrogen (secondary N) is 1. The van der Waals surface area contributed by atoms with Gasteiger partial charge in [0.05, 0.1) is 29.2 Å². The number of benzene rings is 1. The Kier molecular flexibility index (Phi) is 4.10. The normalized spacial score (nSPS) is 20.3. The number of amides is 1. The summed E-state index contributed by atoms with van der Waals surface area (Å²) in [5.74, 6) is 0.405. The summed E-state index contributed by atoms with van der Waals surface area (Å²) in [6.07, 6.45) is 6.24. The lowest BCUT2D eigenvalue weighted by molar-refractivity contribution is 0.0857. The lowest BCUT2D eigenvalue weighted by Gasteiger charge is -2.13. The first-order chi connectivity index (χ1) is 11.7. The number of hydrogen-bond donors (Lipinski definition) is 1. The van der Waals surface area contributed by atoms with E-state index in [4.69, 9.17) is 4.74 Å². The Morgan fingerprint density at radius 3 is 2.88 bits per heavy atom. The molecule has 0 spiro atoms. The summed E-state index contributed by atoms with van der Waals surface area (Å²) < 4.78 is 7.54. The summed E-state index contributed by atoms with van der Waals surface area (Å²) >= 11 is 0. The van der Waals surface area contributed by atoms with Crippen molar-refractivity contribution in [3.05, 3.63) is 47.3 Å². The van der Waals surface area contributed by atoms with Crippen LogP contribution in [0.15, 0.2) is 30.5 Å². The molecule has 1 saturated carbocycles. The Labute approximate surface area is 142 Å². The molecule has 1 unspecified atom stereocenters. The number of carbonyl (C=O) groups excluding carboxylic acids is 1. The van der Waals surface area contributed by atoms with Gasteiger partial charge in [-0.1, -0.05) is 18.2 Å². The average Bonchev–Trinajstić information content (AvgIpc) is 3.12. The van der Waals surface area contributed by atoms with E-state index in [0.29, 0.717) is 18.0 Å². The van der Waals surface area contributed by atoms with Crippen LogP contribution in [0.4, 0.5) is 0 Å². The van der Waals surface area contributed by atoms with Gasteiger partial charge in [-0.3, -0.25) is 4.79 Å². The lowest BCUT2D eigenvalue weighted by Crippen LogP contribution is -2.32. The zero-order chi connectivity index (χ0) is 16.5. The van der Waals surface area contributed by atoms with E-state index in [-0.39, 0.29) is 12.0 Å². The summed E-state index contributed by atoms with van der Waals surface area (Å²) in [7, 11) is 0. The molecule has 0 radical (unpaired) electrons.